The molecule has 2 N–H and O–H groups in total. The molecule has 2 aromatic rings. The number of nitrogens with zero attached hydrogens (tertiary/aromatic N) is 2. The van der Waals surface area contributed by atoms with Gasteiger partial charge in [-0.25, -0.2) is 4.39 Å². The maximum Gasteiger partial charge on any atom is 0.203 e. The van der Waals surface area contributed by atoms with Crippen LogP contribution in [0.3, 0.4) is 0 Å². The van der Waals surface area contributed by atoms with Crippen LogP contribution in [-0.4, -0.2) is 17.3 Å². The number of rotatable bonds is 2. The topological polar surface area (TPSA) is 61.0 Å². The molecule has 0 aliphatic carbocycles. The van der Waals surface area contributed by atoms with Gasteiger partial charge in [0, 0.05) is 0 Å². The van der Waals surface area contributed by atoms with Crippen LogP contribution in [0.2, 0.25) is 0 Å². The molecule has 0 saturated carbocycles. The highest BCUT2D eigenvalue weighted by Crippen LogP contribution is 2.31. The summed E-state index contributed by atoms with van der Waals surface area (Å²) in [5.41, 5.74) is 5.38. The predicted molar refractivity (Wildman–Crippen MR) is 56.2 cm³/mol. The van der Waals surface area contributed by atoms with Crippen LogP contribution in [0.15, 0.2) is 12.1 Å². The van der Waals surface area contributed by atoms with Crippen molar-refractivity contribution in [3.63, 3.8) is 0 Å². The standard InChI is InChI=1S/C9H7F2N3OS/c1-15-5-3-2-4(6(10)7(5)11)8-13-14-9(12)16-8/h2-3H,1H3,(H2,12,14). The third-order valence-electron chi connectivity index (χ3n) is 1.94. The maximum atomic E-state index is 13.6. The van der Waals surface area contributed by atoms with Gasteiger partial charge in [0.1, 0.15) is 0 Å². The SMILES string of the molecule is COc1ccc(-c2nnc(N)s2)c(F)c1F. The molecule has 0 aliphatic rings. The smallest absolute Gasteiger partial charge is 0.203 e. The molecule has 0 amide bonds. The highest BCUT2D eigenvalue weighted by atomic mass is 32.1. The summed E-state index contributed by atoms with van der Waals surface area (Å²) in [4.78, 5) is 0. The van der Waals surface area contributed by atoms with E-state index in [9.17, 15) is 8.78 Å². The minimum absolute atomic E-state index is 0.0208. The van der Waals surface area contributed by atoms with Gasteiger partial charge in [-0.15, -0.1) is 10.2 Å². The summed E-state index contributed by atoms with van der Waals surface area (Å²) in [6, 6.07) is 2.70. The van der Waals surface area contributed by atoms with Crippen LogP contribution < -0.4 is 10.5 Å². The molecule has 2 rings (SSSR count). The molecule has 0 atom stereocenters. The van der Waals surface area contributed by atoms with E-state index in [4.69, 9.17) is 5.73 Å². The van der Waals surface area contributed by atoms with Gasteiger partial charge in [-0.05, 0) is 12.1 Å². The zero-order valence-corrected chi connectivity index (χ0v) is 9.02. The number of halogens is 2. The Morgan fingerprint density at radius 2 is 2.00 bits per heavy atom. The minimum Gasteiger partial charge on any atom is -0.494 e. The molecule has 0 unspecified atom stereocenters. The average molecular weight is 243 g/mol. The van der Waals surface area contributed by atoms with Crippen molar-refractivity contribution in [1.29, 1.82) is 0 Å². The van der Waals surface area contributed by atoms with Crippen LogP contribution in [0.25, 0.3) is 10.6 Å². The van der Waals surface area contributed by atoms with E-state index in [0.29, 0.717) is 0 Å². The van der Waals surface area contributed by atoms with Crippen LogP contribution >= 0.6 is 11.3 Å². The average Bonchev–Trinajstić information content (AvgIpc) is 2.69. The van der Waals surface area contributed by atoms with Gasteiger partial charge >= 0.3 is 0 Å². The molecule has 1 heterocycles. The van der Waals surface area contributed by atoms with Crippen molar-refractivity contribution in [1.82, 2.24) is 10.2 Å². The molecule has 0 spiro atoms. The number of hydrogen-bond donors (Lipinski definition) is 1. The molecule has 0 fully saturated rings. The Kier molecular flexibility index (Phi) is 2.69. The number of ether oxygens (including phenoxy) is 1. The van der Waals surface area contributed by atoms with E-state index in [1.807, 2.05) is 0 Å². The van der Waals surface area contributed by atoms with Crippen LogP contribution in [0.5, 0.6) is 5.75 Å². The van der Waals surface area contributed by atoms with Crippen molar-refractivity contribution in [3.8, 4) is 16.3 Å². The molecular weight excluding hydrogens is 236 g/mol. The summed E-state index contributed by atoms with van der Waals surface area (Å²) in [5, 5.41) is 7.60. The van der Waals surface area contributed by atoms with Gasteiger partial charge in [0.25, 0.3) is 0 Å². The van der Waals surface area contributed by atoms with Crippen molar-refractivity contribution in [2.45, 2.75) is 0 Å². The molecule has 0 aliphatic heterocycles. The Morgan fingerprint density at radius 1 is 1.25 bits per heavy atom. The fourth-order valence-corrected chi connectivity index (χ4v) is 1.83. The van der Waals surface area contributed by atoms with Gasteiger partial charge in [-0.3, -0.25) is 0 Å². The summed E-state index contributed by atoms with van der Waals surface area (Å²) < 4.78 is 31.6. The lowest BCUT2D eigenvalue weighted by Crippen LogP contribution is -1.94. The third kappa shape index (κ3) is 1.69. The number of methoxy groups -OCH3 is 1. The predicted octanol–water partition coefficient (Wildman–Crippen LogP) is 2.07. The molecule has 0 saturated heterocycles. The maximum absolute atomic E-state index is 13.6. The first-order valence-corrected chi connectivity index (χ1v) is 5.06. The lowest BCUT2D eigenvalue weighted by atomic mass is 10.2. The van der Waals surface area contributed by atoms with Crippen molar-refractivity contribution < 1.29 is 13.5 Å². The third-order valence-corrected chi connectivity index (χ3v) is 2.72. The van der Waals surface area contributed by atoms with Gasteiger partial charge in [-0.1, -0.05) is 11.3 Å². The van der Waals surface area contributed by atoms with Crippen molar-refractivity contribution >= 4 is 16.5 Å². The summed E-state index contributed by atoms with van der Waals surface area (Å²) >= 11 is 0.985. The molecule has 0 radical (unpaired) electrons. The monoisotopic (exact) mass is 243 g/mol. The first-order chi connectivity index (χ1) is 7.63. The van der Waals surface area contributed by atoms with Crippen LogP contribution in [0.1, 0.15) is 0 Å². The fraction of sp³-hybridized carbons (Fsp3) is 0.111. The van der Waals surface area contributed by atoms with Crippen molar-refractivity contribution in [3.05, 3.63) is 23.8 Å². The molecule has 4 nitrogen and oxygen atoms in total. The molecule has 1 aromatic heterocycles. The van der Waals surface area contributed by atoms with Gasteiger partial charge in [0.05, 0.1) is 12.7 Å². The lowest BCUT2D eigenvalue weighted by Gasteiger charge is -2.04. The number of anilines is 1. The second kappa shape index (κ2) is 4.01. The van der Waals surface area contributed by atoms with E-state index >= 15 is 0 Å². The van der Waals surface area contributed by atoms with Crippen LogP contribution in [0.4, 0.5) is 13.9 Å². The highest BCUT2D eigenvalue weighted by Gasteiger charge is 2.17. The largest absolute Gasteiger partial charge is 0.494 e. The minimum atomic E-state index is -1.05. The van der Waals surface area contributed by atoms with E-state index in [-0.39, 0.29) is 21.5 Å². The molecule has 0 bridgehead atoms. The Bertz CT molecular complexity index is 529. The second-order valence-electron chi connectivity index (χ2n) is 2.89. The Morgan fingerprint density at radius 3 is 2.56 bits per heavy atom. The number of nitrogen functional groups attached to an aromatic ring is 1. The van der Waals surface area contributed by atoms with Crippen LogP contribution in [-0.2, 0) is 0 Å². The number of nitrogens with two attached hydrogens (primary N) is 1. The molecule has 16 heavy (non-hydrogen) atoms. The first kappa shape index (κ1) is 10.7. The summed E-state index contributed by atoms with van der Waals surface area (Å²) in [5.74, 6) is -2.22. The van der Waals surface area contributed by atoms with Gasteiger partial charge in [0.15, 0.2) is 16.6 Å². The van der Waals surface area contributed by atoms with Gasteiger partial charge in [0.2, 0.25) is 10.9 Å². The molecule has 7 heteroatoms. The van der Waals surface area contributed by atoms with Crippen LogP contribution in [0, 0.1) is 11.6 Å². The van der Waals surface area contributed by atoms with Crippen molar-refractivity contribution in [2.24, 2.45) is 0 Å². The zero-order valence-electron chi connectivity index (χ0n) is 8.20. The van der Waals surface area contributed by atoms with E-state index in [1.165, 1.54) is 19.2 Å². The van der Waals surface area contributed by atoms with E-state index < -0.39 is 11.6 Å². The van der Waals surface area contributed by atoms with Gasteiger partial charge in [-0.2, -0.15) is 4.39 Å². The molecule has 84 valence electrons. The quantitative estimate of drug-likeness (QED) is 0.877. The first-order valence-electron chi connectivity index (χ1n) is 4.25. The molecular formula is C9H7F2N3OS. The van der Waals surface area contributed by atoms with Crippen molar-refractivity contribution in [2.75, 3.05) is 12.8 Å². The number of benzene rings is 1. The summed E-state index contributed by atoms with van der Waals surface area (Å²) in [6.45, 7) is 0. The van der Waals surface area contributed by atoms with Gasteiger partial charge < -0.3 is 10.5 Å². The van der Waals surface area contributed by atoms with E-state index in [2.05, 4.69) is 14.9 Å². The summed E-state index contributed by atoms with van der Waals surface area (Å²) in [6.07, 6.45) is 0. The Balaban J connectivity index is 2.55. The van der Waals surface area contributed by atoms with E-state index in [1.54, 1.807) is 0 Å². The summed E-state index contributed by atoms with van der Waals surface area (Å²) in [7, 11) is 1.26. The van der Waals surface area contributed by atoms with E-state index in [0.717, 1.165) is 11.3 Å². The Labute approximate surface area is 93.7 Å². The lowest BCUT2D eigenvalue weighted by molar-refractivity contribution is 0.372. The number of aromatic nitrogens is 2. The highest BCUT2D eigenvalue weighted by molar-refractivity contribution is 7.18. The molecule has 1 aromatic carbocycles. The second-order valence-corrected chi connectivity index (χ2v) is 3.90. The Hall–Kier alpha value is -1.76. The normalized spacial score (nSPS) is 10.4. The number of hydrogen-bond acceptors (Lipinski definition) is 5. The zero-order chi connectivity index (χ0) is 11.7. The fourth-order valence-electron chi connectivity index (χ4n) is 1.20.